The number of halogens is 12. The first kappa shape index (κ1) is 35.3. The quantitative estimate of drug-likeness (QED) is 0.267. The zero-order valence-electron chi connectivity index (χ0n) is 25.7. The number of hydrogen-bond donors (Lipinski definition) is 2. The summed E-state index contributed by atoms with van der Waals surface area (Å²) < 4.78 is 175. The molecule has 5 heterocycles. The summed E-state index contributed by atoms with van der Waals surface area (Å²) in [5.74, 6) is -4.04. The van der Waals surface area contributed by atoms with Crippen molar-refractivity contribution in [3.8, 4) is 0 Å². The van der Waals surface area contributed by atoms with Crippen molar-refractivity contribution in [3.05, 3.63) is 69.3 Å². The van der Waals surface area contributed by atoms with Gasteiger partial charge in [-0.1, -0.05) is 27.7 Å². The lowest BCUT2D eigenvalue weighted by Gasteiger charge is -2.22. The van der Waals surface area contributed by atoms with Gasteiger partial charge in [0.15, 0.2) is 0 Å². The Morgan fingerprint density at radius 1 is 0.625 bits per heavy atom. The number of fused-ring (bicyclic) bond motifs is 10. The molecule has 48 heavy (non-hydrogen) atoms. The molecule has 2 atom stereocenters. The van der Waals surface area contributed by atoms with Gasteiger partial charge in [-0.05, 0) is 66.6 Å². The normalized spacial score (nSPS) is 17.8. The first-order chi connectivity index (χ1) is 22.2. The molecule has 0 amide bonds. The summed E-state index contributed by atoms with van der Waals surface area (Å²) >= 11 is 0. The zero-order valence-corrected chi connectivity index (χ0v) is 25.7. The molecule has 0 aromatic carbocycles. The van der Waals surface area contributed by atoms with Gasteiger partial charge in [-0.3, -0.25) is 4.98 Å². The number of aryl methyl sites for hydroxylation is 2. The molecule has 260 valence electrons. The summed E-state index contributed by atoms with van der Waals surface area (Å²) in [6, 6.07) is 3.78. The molecule has 3 aromatic heterocycles. The van der Waals surface area contributed by atoms with E-state index in [4.69, 9.17) is 0 Å². The van der Waals surface area contributed by atoms with Gasteiger partial charge in [-0.25, -0.2) is 4.98 Å². The van der Waals surface area contributed by atoms with E-state index in [-0.39, 0.29) is 42.4 Å². The highest BCUT2D eigenvalue weighted by atomic mass is 19.4. The highest BCUT2D eigenvalue weighted by molar-refractivity contribution is 5.99. The zero-order chi connectivity index (χ0) is 35.7. The standard InChI is InChI=1S/C32H28F12N4/c1-5-13-17-9-10-18-14(6-2)23(31(39,40)41)27(47-18)28-24(32(42,43)44)16(8-4)20(48-28)12-11-19-15(7-3)22(30(36,37)38)26(46-19)25(45-17)21(13)29(33,34)35/h9-13,21,46,48H,5-8H2,1-4H3. The average Bonchev–Trinajstić information content (AvgIpc) is 3.71. The van der Waals surface area contributed by atoms with Gasteiger partial charge < -0.3 is 9.97 Å². The number of allylic oxidation sites excluding steroid dienone is 2. The second-order valence-corrected chi connectivity index (χ2v) is 11.4. The molecule has 2 aliphatic rings. The van der Waals surface area contributed by atoms with E-state index in [0.29, 0.717) is 0 Å². The maximum Gasteiger partial charge on any atom is 0.418 e. The molecule has 0 spiro atoms. The number of aromatic nitrogens is 4. The molecule has 4 nitrogen and oxygen atoms in total. The molecule has 2 N–H and O–H groups in total. The number of H-pyrrole nitrogens is 2. The lowest BCUT2D eigenvalue weighted by Crippen LogP contribution is -2.24. The van der Waals surface area contributed by atoms with Crippen molar-refractivity contribution in [3.63, 3.8) is 0 Å². The van der Waals surface area contributed by atoms with Crippen LogP contribution in [0.15, 0.2) is 24.3 Å². The van der Waals surface area contributed by atoms with Crippen LogP contribution in [0.2, 0.25) is 0 Å². The van der Waals surface area contributed by atoms with Crippen LogP contribution in [0.1, 0.15) is 97.4 Å². The van der Waals surface area contributed by atoms with E-state index in [0.717, 1.165) is 24.3 Å². The monoisotopic (exact) mass is 696 g/mol. The lowest BCUT2D eigenvalue weighted by molar-refractivity contribution is -0.155. The fourth-order valence-corrected chi connectivity index (χ4v) is 6.81. The van der Waals surface area contributed by atoms with Crippen molar-refractivity contribution >= 4 is 33.2 Å². The van der Waals surface area contributed by atoms with Crippen LogP contribution in [0.4, 0.5) is 52.7 Å². The van der Waals surface area contributed by atoms with E-state index >= 15 is 0 Å². The van der Waals surface area contributed by atoms with E-state index in [2.05, 4.69) is 19.9 Å². The summed E-state index contributed by atoms with van der Waals surface area (Å²) in [6.07, 6.45) is -22.0. The number of aromatic amines is 2. The van der Waals surface area contributed by atoms with Gasteiger partial charge in [0.1, 0.15) is 11.6 Å². The Morgan fingerprint density at radius 2 is 1.15 bits per heavy atom. The van der Waals surface area contributed by atoms with Crippen molar-refractivity contribution < 1.29 is 52.7 Å². The molecule has 2 aliphatic heterocycles. The van der Waals surface area contributed by atoms with Crippen molar-refractivity contribution in [2.45, 2.75) is 89.9 Å². The molecule has 5 rings (SSSR count). The molecule has 0 saturated heterocycles. The molecule has 16 heteroatoms. The molecule has 3 aromatic rings. The smallest absolute Gasteiger partial charge is 0.353 e. The summed E-state index contributed by atoms with van der Waals surface area (Å²) in [5.41, 5.74) is -11.2. The van der Waals surface area contributed by atoms with Crippen LogP contribution in [0.3, 0.4) is 0 Å². The number of nitrogens with zero attached hydrogens (tertiary/aromatic N) is 2. The maximum absolute atomic E-state index is 14.6. The lowest BCUT2D eigenvalue weighted by atomic mass is 9.86. The molecule has 8 bridgehead atoms. The van der Waals surface area contributed by atoms with Crippen LogP contribution in [-0.4, -0.2) is 32.3 Å². The first-order valence-corrected chi connectivity index (χ1v) is 15.0. The topological polar surface area (TPSA) is 57.4 Å². The second-order valence-electron chi connectivity index (χ2n) is 11.4. The van der Waals surface area contributed by atoms with Crippen molar-refractivity contribution in [1.82, 2.24) is 19.9 Å². The Morgan fingerprint density at radius 3 is 1.58 bits per heavy atom. The van der Waals surface area contributed by atoms with Gasteiger partial charge in [-0.15, -0.1) is 0 Å². The Bertz CT molecular complexity index is 1940. The van der Waals surface area contributed by atoms with Gasteiger partial charge in [0.2, 0.25) is 0 Å². The minimum atomic E-state index is -5.19. The Kier molecular flexibility index (Phi) is 8.73. The third-order valence-corrected chi connectivity index (χ3v) is 8.70. The predicted molar refractivity (Wildman–Crippen MR) is 155 cm³/mol. The van der Waals surface area contributed by atoms with Gasteiger partial charge in [0.05, 0.1) is 39.1 Å². The minimum absolute atomic E-state index is 0.264. The molecule has 0 aliphatic carbocycles. The van der Waals surface area contributed by atoms with Gasteiger partial charge in [0.25, 0.3) is 0 Å². The SMILES string of the molecule is CCC1=C(C(F)(F)F)c2nc1ccc1nc(c3[nH]c(ccc4[nH]c2c(C(F)(F)F)c4CC)c(CC)c3C(F)(F)F)C(C(F)(F)F)C1CC. The van der Waals surface area contributed by atoms with Crippen LogP contribution in [0, 0.1) is 0 Å². The first-order valence-electron chi connectivity index (χ1n) is 15.0. The minimum Gasteiger partial charge on any atom is -0.353 e. The van der Waals surface area contributed by atoms with Crippen molar-refractivity contribution in [1.29, 1.82) is 0 Å². The largest absolute Gasteiger partial charge is 0.418 e. The summed E-state index contributed by atoms with van der Waals surface area (Å²) in [5, 5.41) is 0. The second kappa shape index (κ2) is 11.9. The highest BCUT2D eigenvalue weighted by Crippen LogP contribution is 2.52. The van der Waals surface area contributed by atoms with Crippen molar-refractivity contribution in [2.24, 2.45) is 0 Å². The maximum atomic E-state index is 14.6. The summed E-state index contributed by atoms with van der Waals surface area (Å²) in [6.45, 7) is 5.30. The van der Waals surface area contributed by atoms with Crippen LogP contribution in [-0.2, 0) is 25.2 Å². The number of alkyl halides is 12. The van der Waals surface area contributed by atoms with Crippen LogP contribution < -0.4 is 0 Å². The Balaban J connectivity index is 2.12. The highest BCUT2D eigenvalue weighted by Gasteiger charge is 2.52. The molecule has 0 saturated carbocycles. The summed E-state index contributed by atoms with van der Waals surface area (Å²) in [7, 11) is 0. The van der Waals surface area contributed by atoms with Crippen LogP contribution in [0.5, 0.6) is 0 Å². The molecule has 0 fully saturated rings. The third-order valence-electron chi connectivity index (χ3n) is 8.70. The molecular formula is C32H28F12N4. The third kappa shape index (κ3) is 5.84. The van der Waals surface area contributed by atoms with Gasteiger partial charge in [0, 0.05) is 22.6 Å². The number of rotatable bonds is 4. The van der Waals surface area contributed by atoms with Gasteiger partial charge >= 0.3 is 24.7 Å². The van der Waals surface area contributed by atoms with Crippen LogP contribution >= 0.6 is 0 Å². The van der Waals surface area contributed by atoms with E-state index in [1.165, 1.54) is 27.7 Å². The van der Waals surface area contributed by atoms with Gasteiger partial charge in [-0.2, -0.15) is 52.7 Å². The Hall–Kier alpha value is -3.98. The molecule has 0 radical (unpaired) electrons. The average molecular weight is 697 g/mol. The Labute approximate surface area is 265 Å². The predicted octanol–water partition coefficient (Wildman–Crippen LogP) is 11.2. The van der Waals surface area contributed by atoms with Crippen molar-refractivity contribution in [2.75, 3.05) is 0 Å². The van der Waals surface area contributed by atoms with E-state index in [1.807, 2.05) is 0 Å². The van der Waals surface area contributed by atoms with Crippen LogP contribution in [0.25, 0.3) is 33.2 Å². The molecule has 2 unspecified atom stereocenters. The number of nitrogens with one attached hydrogen (secondary N) is 2. The summed E-state index contributed by atoms with van der Waals surface area (Å²) in [4.78, 5) is 12.8. The fraction of sp³-hybridized carbons (Fsp3) is 0.438. The number of hydrogen-bond acceptors (Lipinski definition) is 2. The van der Waals surface area contributed by atoms with E-state index in [1.54, 1.807) is 0 Å². The van der Waals surface area contributed by atoms with E-state index in [9.17, 15) is 52.7 Å². The molecular weight excluding hydrogens is 668 g/mol. The fourth-order valence-electron chi connectivity index (χ4n) is 6.81. The van der Waals surface area contributed by atoms with E-state index < -0.39 is 98.1 Å².